The number of carbonyl (C=O) groups excluding carboxylic acids is 2. The van der Waals surface area contributed by atoms with Crippen LogP contribution in [0.3, 0.4) is 0 Å². The van der Waals surface area contributed by atoms with E-state index in [-0.39, 0.29) is 29.1 Å². The lowest BCUT2D eigenvalue weighted by Gasteiger charge is -2.25. The molecule has 5 aromatic rings. The third kappa shape index (κ3) is 3.17. The summed E-state index contributed by atoms with van der Waals surface area (Å²) in [7, 11) is 1.95. The van der Waals surface area contributed by atoms with Gasteiger partial charge in [-0.1, -0.05) is 30.3 Å². The number of benzene rings is 3. The molecule has 1 atom stereocenters. The van der Waals surface area contributed by atoms with Crippen LogP contribution in [0.2, 0.25) is 0 Å². The molecular formula is C30H19NO6. The summed E-state index contributed by atoms with van der Waals surface area (Å²) in [5.41, 5.74) is 3.27. The Hall–Kier alpha value is -4.91. The molecule has 0 aliphatic carbocycles. The number of allylic oxidation sites excluding steroid dienone is 1. The monoisotopic (exact) mass is 489 g/mol. The number of para-hydroxylation sites is 2. The number of nitrogens with zero attached hydrogens (tertiary/aromatic N) is 1. The molecule has 0 radical (unpaired) electrons. The minimum atomic E-state index is -0.684. The predicted molar refractivity (Wildman–Crippen MR) is 137 cm³/mol. The number of hydrogen-bond donors (Lipinski definition) is 0. The average Bonchev–Trinajstić information content (AvgIpc) is 3.40. The molecule has 2 aromatic heterocycles. The van der Waals surface area contributed by atoms with Gasteiger partial charge in [0, 0.05) is 46.8 Å². The lowest BCUT2D eigenvalue weighted by Crippen LogP contribution is -2.25. The second-order valence-electron chi connectivity index (χ2n) is 9.25. The second kappa shape index (κ2) is 7.80. The number of aromatic nitrogens is 1. The zero-order valence-electron chi connectivity index (χ0n) is 19.7. The molecule has 0 amide bonds. The van der Waals surface area contributed by atoms with E-state index in [0.717, 1.165) is 16.5 Å². The van der Waals surface area contributed by atoms with Crippen LogP contribution in [0.15, 0.2) is 88.1 Å². The van der Waals surface area contributed by atoms with E-state index in [9.17, 15) is 14.4 Å². The van der Waals surface area contributed by atoms with E-state index < -0.39 is 11.9 Å². The van der Waals surface area contributed by atoms with Gasteiger partial charge in [-0.05, 0) is 36.4 Å². The van der Waals surface area contributed by atoms with E-state index in [0.29, 0.717) is 33.4 Å². The number of aryl methyl sites for hydroxylation is 1. The lowest BCUT2D eigenvalue weighted by molar-refractivity contribution is -0.135. The maximum atomic E-state index is 13.4. The van der Waals surface area contributed by atoms with Crippen molar-refractivity contribution in [1.82, 2.24) is 4.57 Å². The number of ether oxygens (including phenoxy) is 2. The molecule has 180 valence electrons. The van der Waals surface area contributed by atoms with E-state index in [1.165, 1.54) is 6.26 Å². The number of hydrogen-bond acceptors (Lipinski definition) is 6. The van der Waals surface area contributed by atoms with Gasteiger partial charge in [-0.25, -0.2) is 0 Å². The number of Topliss-reactive ketones (excluding diaryl/α,β-unsaturated/α-hetero) is 1. The molecule has 0 saturated carbocycles. The number of rotatable bonds is 2. The van der Waals surface area contributed by atoms with Crippen molar-refractivity contribution in [1.29, 1.82) is 0 Å². The Morgan fingerprint density at radius 2 is 1.70 bits per heavy atom. The Bertz CT molecular complexity index is 1890. The van der Waals surface area contributed by atoms with Crippen molar-refractivity contribution in [2.45, 2.75) is 12.3 Å². The minimum absolute atomic E-state index is 0.0769. The molecule has 37 heavy (non-hydrogen) atoms. The average molecular weight is 489 g/mol. The van der Waals surface area contributed by atoms with Gasteiger partial charge in [0.05, 0.1) is 23.6 Å². The van der Waals surface area contributed by atoms with Crippen molar-refractivity contribution in [3.8, 4) is 11.5 Å². The quantitative estimate of drug-likeness (QED) is 0.189. The summed E-state index contributed by atoms with van der Waals surface area (Å²) in [6.07, 6.45) is 4.98. The number of fused-ring (bicyclic) bond motifs is 5. The van der Waals surface area contributed by atoms with Gasteiger partial charge in [0.2, 0.25) is 5.78 Å². The molecule has 2 aliphatic rings. The highest BCUT2D eigenvalue weighted by Crippen LogP contribution is 2.48. The van der Waals surface area contributed by atoms with Crippen LogP contribution >= 0.6 is 0 Å². The van der Waals surface area contributed by atoms with Crippen LogP contribution in [-0.2, 0) is 11.8 Å². The summed E-state index contributed by atoms with van der Waals surface area (Å²) < 4.78 is 19.4. The fourth-order valence-corrected chi connectivity index (χ4v) is 5.33. The highest BCUT2D eigenvalue weighted by atomic mass is 16.5. The summed E-state index contributed by atoms with van der Waals surface area (Å²) in [4.78, 5) is 39.3. The van der Waals surface area contributed by atoms with Crippen molar-refractivity contribution < 1.29 is 23.5 Å². The van der Waals surface area contributed by atoms with Gasteiger partial charge in [0.15, 0.2) is 11.2 Å². The summed E-state index contributed by atoms with van der Waals surface area (Å²) in [5.74, 6) is -0.684. The van der Waals surface area contributed by atoms with E-state index in [4.69, 9.17) is 13.9 Å². The van der Waals surface area contributed by atoms with E-state index in [2.05, 4.69) is 0 Å². The third-order valence-corrected chi connectivity index (χ3v) is 7.08. The fraction of sp³-hybridized carbons (Fsp3) is 0.100. The lowest BCUT2D eigenvalue weighted by atomic mass is 9.85. The molecule has 7 heteroatoms. The van der Waals surface area contributed by atoms with Gasteiger partial charge < -0.3 is 18.5 Å². The topological polar surface area (TPSA) is 87.7 Å². The van der Waals surface area contributed by atoms with E-state index in [1.807, 2.05) is 42.1 Å². The van der Waals surface area contributed by atoms with Gasteiger partial charge >= 0.3 is 5.97 Å². The van der Waals surface area contributed by atoms with Crippen LogP contribution < -0.4 is 14.9 Å². The standard InChI is InChI=1S/C30H19NO6/c1-31-14-16(17-6-2-4-8-22(17)31)12-25-29(34)19-10-11-24-27(30(19)37-25)20(13-26(32)36-24)21-15-35-23-9-5-3-7-18(23)28(21)33/h2-12,14-15,20H,13H2,1H3/b25-12-/t20-/m1/s1. The predicted octanol–water partition coefficient (Wildman–Crippen LogP) is 5.34. The molecule has 0 saturated heterocycles. The minimum Gasteiger partial charge on any atom is -0.464 e. The molecule has 4 heterocycles. The van der Waals surface area contributed by atoms with Gasteiger partial charge in [0.25, 0.3) is 0 Å². The van der Waals surface area contributed by atoms with Crippen molar-refractivity contribution in [3.05, 3.63) is 111 Å². The first-order valence-electron chi connectivity index (χ1n) is 11.9. The zero-order chi connectivity index (χ0) is 25.3. The smallest absolute Gasteiger partial charge is 0.312 e. The van der Waals surface area contributed by atoms with E-state index in [1.54, 1.807) is 42.5 Å². The molecule has 7 rings (SSSR count). The Morgan fingerprint density at radius 3 is 2.57 bits per heavy atom. The largest absolute Gasteiger partial charge is 0.464 e. The van der Waals surface area contributed by atoms with Gasteiger partial charge in [0.1, 0.15) is 17.1 Å². The van der Waals surface area contributed by atoms with Gasteiger partial charge in [-0.3, -0.25) is 14.4 Å². The molecule has 0 spiro atoms. The van der Waals surface area contributed by atoms with Crippen LogP contribution in [-0.4, -0.2) is 16.3 Å². The first-order valence-corrected chi connectivity index (χ1v) is 11.9. The fourth-order valence-electron chi connectivity index (χ4n) is 5.33. The zero-order valence-corrected chi connectivity index (χ0v) is 19.7. The van der Waals surface area contributed by atoms with Crippen molar-refractivity contribution in [3.63, 3.8) is 0 Å². The molecular weight excluding hydrogens is 470 g/mol. The Labute approximate surface area is 210 Å². The Kier molecular flexibility index (Phi) is 4.50. The van der Waals surface area contributed by atoms with Crippen LogP contribution in [0.4, 0.5) is 0 Å². The number of carbonyl (C=O) groups is 2. The van der Waals surface area contributed by atoms with Crippen molar-refractivity contribution in [2.24, 2.45) is 7.05 Å². The summed E-state index contributed by atoms with van der Waals surface area (Å²) in [5, 5.41) is 1.41. The third-order valence-electron chi connectivity index (χ3n) is 7.08. The first-order chi connectivity index (χ1) is 18.0. The van der Waals surface area contributed by atoms with Crippen molar-refractivity contribution >= 4 is 39.7 Å². The highest BCUT2D eigenvalue weighted by molar-refractivity contribution is 6.15. The summed E-state index contributed by atoms with van der Waals surface area (Å²) >= 11 is 0. The molecule has 2 aliphatic heterocycles. The highest BCUT2D eigenvalue weighted by Gasteiger charge is 2.39. The molecule has 7 nitrogen and oxygen atoms in total. The van der Waals surface area contributed by atoms with E-state index >= 15 is 0 Å². The van der Waals surface area contributed by atoms with Crippen LogP contribution in [0, 0.1) is 0 Å². The number of esters is 1. The molecule has 0 fully saturated rings. The van der Waals surface area contributed by atoms with Gasteiger partial charge in [-0.2, -0.15) is 0 Å². The molecule has 0 unspecified atom stereocenters. The number of ketones is 1. The van der Waals surface area contributed by atoms with Crippen LogP contribution in [0.5, 0.6) is 11.5 Å². The summed E-state index contributed by atoms with van der Waals surface area (Å²) in [6.45, 7) is 0. The normalized spacial score (nSPS) is 17.6. The van der Waals surface area contributed by atoms with Gasteiger partial charge in [-0.15, -0.1) is 0 Å². The maximum absolute atomic E-state index is 13.4. The molecule has 0 bridgehead atoms. The van der Waals surface area contributed by atoms with Crippen LogP contribution in [0.25, 0.3) is 27.9 Å². The second-order valence-corrected chi connectivity index (χ2v) is 9.25. The first kappa shape index (κ1) is 21.4. The Morgan fingerprint density at radius 1 is 0.919 bits per heavy atom. The van der Waals surface area contributed by atoms with Crippen molar-refractivity contribution in [2.75, 3.05) is 0 Å². The van der Waals surface area contributed by atoms with Crippen LogP contribution in [0.1, 0.15) is 39.4 Å². The molecule has 0 N–H and O–H groups in total. The summed E-state index contributed by atoms with van der Waals surface area (Å²) in [6, 6.07) is 18.0. The molecule has 3 aromatic carbocycles. The Balaban J connectivity index is 1.38. The SMILES string of the molecule is Cn1cc(/C=C2\Oc3c(ccc4c3[C@@H](c3coc5ccccc5c3=O)CC(=O)O4)C2=O)c2ccccc21. The maximum Gasteiger partial charge on any atom is 0.312 e.